The van der Waals surface area contributed by atoms with E-state index < -0.39 is 0 Å². The van der Waals surface area contributed by atoms with Gasteiger partial charge in [0, 0.05) is 20.3 Å². The number of nitrogens with one attached hydrogen (secondary N) is 1. The summed E-state index contributed by atoms with van der Waals surface area (Å²) >= 11 is 0. The SMILES string of the molecule is CCCC(OC)C(CCC(C)(C)OC)NC. The summed E-state index contributed by atoms with van der Waals surface area (Å²) < 4.78 is 11.0. The Morgan fingerprint density at radius 2 is 1.81 bits per heavy atom. The summed E-state index contributed by atoms with van der Waals surface area (Å²) in [5, 5.41) is 3.35. The summed E-state index contributed by atoms with van der Waals surface area (Å²) in [6.45, 7) is 6.44. The topological polar surface area (TPSA) is 30.5 Å². The summed E-state index contributed by atoms with van der Waals surface area (Å²) in [5.41, 5.74) is -0.0421. The molecule has 0 fully saturated rings. The van der Waals surface area contributed by atoms with Crippen molar-refractivity contribution in [1.82, 2.24) is 5.32 Å². The lowest BCUT2D eigenvalue weighted by molar-refractivity contribution is 0.00183. The molecule has 0 spiro atoms. The summed E-state index contributed by atoms with van der Waals surface area (Å²) in [6.07, 6.45) is 4.69. The highest BCUT2D eigenvalue weighted by atomic mass is 16.5. The van der Waals surface area contributed by atoms with E-state index in [2.05, 4.69) is 26.1 Å². The molecule has 2 atom stereocenters. The van der Waals surface area contributed by atoms with E-state index in [-0.39, 0.29) is 5.60 Å². The lowest BCUT2D eigenvalue weighted by Crippen LogP contribution is -2.40. The van der Waals surface area contributed by atoms with Crippen molar-refractivity contribution in [2.24, 2.45) is 0 Å². The van der Waals surface area contributed by atoms with Crippen LogP contribution in [-0.2, 0) is 9.47 Å². The lowest BCUT2D eigenvalue weighted by Gasteiger charge is -2.29. The highest BCUT2D eigenvalue weighted by molar-refractivity contribution is 4.79. The van der Waals surface area contributed by atoms with Gasteiger partial charge >= 0.3 is 0 Å². The Morgan fingerprint density at radius 3 is 2.19 bits per heavy atom. The predicted molar refractivity (Wildman–Crippen MR) is 68.9 cm³/mol. The molecule has 3 nitrogen and oxygen atoms in total. The predicted octanol–water partition coefficient (Wildman–Crippen LogP) is 2.59. The minimum Gasteiger partial charge on any atom is -0.380 e. The van der Waals surface area contributed by atoms with Gasteiger partial charge < -0.3 is 14.8 Å². The molecule has 0 aromatic heterocycles. The third kappa shape index (κ3) is 5.83. The normalized spacial score (nSPS) is 16.1. The second kappa shape index (κ2) is 8.04. The Balaban J connectivity index is 4.17. The first-order valence-corrected chi connectivity index (χ1v) is 6.26. The zero-order valence-corrected chi connectivity index (χ0v) is 11.8. The number of hydrogen-bond donors (Lipinski definition) is 1. The van der Waals surface area contributed by atoms with Crippen LogP contribution >= 0.6 is 0 Å². The lowest BCUT2D eigenvalue weighted by atomic mass is 9.94. The van der Waals surface area contributed by atoms with Gasteiger partial charge in [0.1, 0.15) is 0 Å². The van der Waals surface area contributed by atoms with Gasteiger partial charge in [0.2, 0.25) is 0 Å². The first kappa shape index (κ1) is 15.9. The molecule has 0 aromatic carbocycles. The molecule has 1 N–H and O–H groups in total. The van der Waals surface area contributed by atoms with E-state index in [9.17, 15) is 0 Å². The molecular weight excluding hydrogens is 202 g/mol. The fourth-order valence-corrected chi connectivity index (χ4v) is 1.89. The van der Waals surface area contributed by atoms with E-state index in [1.165, 1.54) is 0 Å². The van der Waals surface area contributed by atoms with Crippen molar-refractivity contribution in [2.45, 2.75) is 64.2 Å². The fourth-order valence-electron chi connectivity index (χ4n) is 1.89. The van der Waals surface area contributed by atoms with Crippen LogP contribution in [0.4, 0.5) is 0 Å². The average Bonchev–Trinajstić information content (AvgIpc) is 2.28. The second-order valence-electron chi connectivity index (χ2n) is 4.96. The first-order chi connectivity index (χ1) is 7.50. The molecular formula is C13H29NO2. The van der Waals surface area contributed by atoms with Crippen molar-refractivity contribution in [3.05, 3.63) is 0 Å². The van der Waals surface area contributed by atoms with Crippen molar-refractivity contribution in [2.75, 3.05) is 21.3 Å². The third-order valence-electron chi connectivity index (χ3n) is 3.31. The maximum atomic E-state index is 5.54. The Bertz CT molecular complexity index is 171. The highest BCUT2D eigenvalue weighted by Gasteiger charge is 2.23. The number of likely N-dealkylation sites (N-methyl/N-ethyl adjacent to an activating group) is 1. The van der Waals surface area contributed by atoms with E-state index >= 15 is 0 Å². The van der Waals surface area contributed by atoms with Crippen LogP contribution in [0.25, 0.3) is 0 Å². The van der Waals surface area contributed by atoms with Crippen LogP contribution in [0.3, 0.4) is 0 Å². The molecule has 0 aliphatic carbocycles. The van der Waals surface area contributed by atoms with Crippen LogP contribution in [0.2, 0.25) is 0 Å². The fraction of sp³-hybridized carbons (Fsp3) is 1.00. The van der Waals surface area contributed by atoms with Gasteiger partial charge in [-0.3, -0.25) is 0 Å². The minimum absolute atomic E-state index is 0.0421. The van der Waals surface area contributed by atoms with Crippen molar-refractivity contribution in [3.8, 4) is 0 Å². The number of methoxy groups -OCH3 is 2. The maximum absolute atomic E-state index is 5.54. The van der Waals surface area contributed by atoms with Crippen molar-refractivity contribution >= 4 is 0 Å². The second-order valence-corrected chi connectivity index (χ2v) is 4.96. The molecule has 0 aromatic rings. The van der Waals surface area contributed by atoms with Crippen LogP contribution in [0.5, 0.6) is 0 Å². The molecule has 0 rings (SSSR count). The molecule has 0 aliphatic heterocycles. The number of hydrogen-bond acceptors (Lipinski definition) is 3. The van der Waals surface area contributed by atoms with Crippen molar-refractivity contribution in [1.29, 1.82) is 0 Å². The van der Waals surface area contributed by atoms with Gasteiger partial charge in [0.15, 0.2) is 0 Å². The molecule has 0 bridgehead atoms. The Hall–Kier alpha value is -0.120. The van der Waals surface area contributed by atoms with Crippen LogP contribution in [0.15, 0.2) is 0 Å². The molecule has 0 aliphatic rings. The monoisotopic (exact) mass is 231 g/mol. The van der Waals surface area contributed by atoms with Gasteiger partial charge in [-0.15, -0.1) is 0 Å². The molecule has 16 heavy (non-hydrogen) atoms. The Labute approximate surface area is 101 Å². The first-order valence-electron chi connectivity index (χ1n) is 6.26. The summed E-state index contributed by atoms with van der Waals surface area (Å²) in [5.74, 6) is 0. The zero-order valence-electron chi connectivity index (χ0n) is 11.8. The zero-order chi connectivity index (χ0) is 12.6. The molecule has 3 heteroatoms. The minimum atomic E-state index is -0.0421. The van der Waals surface area contributed by atoms with Gasteiger partial charge in [0.25, 0.3) is 0 Å². The highest BCUT2D eigenvalue weighted by Crippen LogP contribution is 2.19. The van der Waals surface area contributed by atoms with E-state index in [1.54, 1.807) is 14.2 Å². The molecule has 98 valence electrons. The largest absolute Gasteiger partial charge is 0.380 e. The van der Waals surface area contributed by atoms with E-state index in [0.29, 0.717) is 12.1 Å². The van der Waals surface area contributed by atoms with Crippen LogP contribution in [-0.4, -0.2) is 39.0 Å². The number of rotatable bonds is 9. The molecule has 0 amide bonds. The smallest absolute Gasteiger partial charge is 0.0724 e. The number of ether oxygens (including phenoxy) is 2. The van der Waals surface area contributed by atoms with Gasteiger partial charge in [-0.05, 0) is 40.2 Å². The standard InChI is InChI=1S/C13H29NO2/c1-7-8-12(15-5)11(14-4)9-10-13(2,3)16-6/h11-12,14H,7-10H2,1-6H3. The third-order valence-corrected chi connectivity index (χ3v) is 3.31. The Kier molecular flexibility index (Phi) is 7.98. The van der Waals surface area contributed by atoms with Crippen molar-refractivity contribution < 1.29 is 9.47 Å². The molecule has 0 radical (unpaired) electrons. The van der Waals surface area contributed by atoms with Crippen LogP contribution in [0.1, 0.15) is 46.5 Å². The van der Waals surface area contributed by atoms with Crippen molar-refractivity contribution in [3.63, 3.8) is 0 Å². The van der Waals surface area contributed by atoms with Crippen LogP contribution in [0, 0.1) is 0 Å². The molecule has 0 heterocycles. The molecule has 0 saturated carbocycles. The van der Waals surface area contributed by atoms with Gasteiger partial charge in [-0.25, -0.2) is 0 Å². The van der Waals surface area contributed by atoms with E-state index in [1.807, 2.05) is 7.05 Å². The van der Waals surface area contributed by atoms with Crippen LogP contribution < -0.4 is 5.32 Å². The quantitative estimate of drug-likeness (QED) is 0.661. The van der Waals surface area contributed by atoms with Gasteiger partial charge in [-0.2, -0.15) is 0 Å². The van der Waals surface area contributed by atoms with Gasteiger partial charge in [-0.1, -0.05) is 13.3 Å². The average molecular weight is 231 g/mol. The summed E-state index contributed by atoms with van der Waals surface area (Å²) in [4.78, 5) is 0. The van der Waals surface area contributed by atoms with E-state index in [0.717, 1.165) is 25.7 Å². The summed E-state index contributed by atoms with van der Waals surface area (Å²) in [6, 6.07) is 0.416. The Morgan fingerprint density at radius 1 is 1.19 bits per heavy atom. The summed E-state index contributed by atoms with van der Waals surface area (Å²) in [7, 11) is 5.58. The van der Waals surface area contributed by atoms with E-state index in [4.69, 9.17) is 9.47 Å². The molecule has 2 unspecified atom stereocenters. The maximum Gasteiger partial charge on any atom is 0.0724 e. The van der Waals surface area contributed by atoms with Gasteiger partial charge in [0.05, 0.1) is 11.7 Å². The molecule has 0 saturated heterocycles.